The SMILES string of the molecule is CC(C)CCOc1cccc(C2C(=C(O)c3ccncc3)C(=O)C(=O)N2CCN2CCOCC2)c1. The fraction of sp³-hybridized carbons (Fsp3) is 0.444. The van der Waals surface area contributed by atoms with Gasteiger partial charge in [-0.15, -0.1) is 0 Å². The summed E-state index contributed by atoms with van der Waals surface area (Å²) in [7, 11) is 0. The van der Waals surface area contributed by atoms with Crippen LogP contribution in [-0.2, 0) is 14.3 Å². The maximum absolute atomic E-state index is 13.2. The van der Waals surface area contributed by atoms with Crippen LogP contribution in [0, 0.1) is 5.92 Å². The Balaban J connectivity index is 1.68. The zero-order chi connectivity index (χ0) is 24.8. The molecule has 8 heteroatoms. The van der Waals surface area contributed by atoms with E-state index in [2.05, 4.69) is 23.7 Å². The van der Waals surface area contributed by atoms with Crippen LogP contribution < -0.4 is 4.74 Å². The zero-order valence-corrected chi connectivity index (χ0v) is 20.4. The van der Waals surface area contributed by atoms with E-state index in [0.717, 1.165) is 25.1 Å². The van der Waals surface area contributed by atoms with E-state index in [4.69, 9.17) is 9.47 Å². The highest BCUT2D eigenvalue weighted by atomic mass is 16.5. The Morgan fingerprint density at radius 1 is 1.14 bits per heavy atom. The highest BCUT2D eigenvalue weighted by Gasteiger charge is 2.46. The standard InChI is InChI=1S/C27H33N3O5/c1-19(2)8-15-35-22-5-3-4-21(18-22)24-23(25(31)20-6-9-28-10-7-20)26(32)27(33)30(24)12-11-29-13-16-34-17-14-29/h3-7,9-10,18-19,24,31H,8,11-17H2,1-2H3. The predicted octanol–water partition coefficient (Wildman–Crippen LogP) is 3.26. The Labute approximate surface area is 206 Å². The highest BCUT2D eigenvalue weighted by Crippen LogP contribution is 2.40. The van der Waals surface area contributed by atoms with Gasteiger partial charge in [0.05, 0.1) is 31.4 Å². The van der Waals surface area contributed by atoms with E-state index in [1.54, 1.807) is 29.4 Å². The number of carbonyl (C=O) groups excluding carboxylic acids is 2. The normalized spacial score (nSPS) is 20.5. The molecule has 0 radical (unpaired) electrons. The first-order valence-corrected chi connectivity index (χ1v) is 12.2. The van der Waals surface area contributed by atoms with Crippen LogP contribution in [0.2, 0.25) is 0 Å². The Hall–Kier alpha value is -3.23. The Bertz CT molecular complexity index is 1060. The topological polar surface area (TPSA) is 92.2 Å². The lowest BCUT2D eigenvalue weighted by molar-refractivity contribution is -0.140. The first-order chi connectivity index (χ1) is 17.0. The molecule has 1 unspecified atom stereocenters. The number of rotatable bonds is 9. The van der Waals surface area contributed by atoms with Gasteiger partial charge in [-0.1, -0.05) is 26.0 Å². The quantitative estimate of drug-likeness (QED) is 0.335. The van der Waals surface area contributed by atoms with Crippen molar-refractivity contribution in [3.8, 4) is 5.75 Å². The summed E-state index contributed by atoms with van der Waals surface area (Å²) in [6.45, 7) is 8.71. The summed E-state index contributed by atoms with van der Waals surface area (Å²) >= 11 is 0. The monoisotopic (exact) mass is 479 g/mol. The number of aliphatic hydroxyl groups excluding tert-OH is 1. The second-order valence-corrected chi connectivity index (χ2v) is 9.29. The van der Waals surface area contributed by atoms with Gasteiger partial charge in [-0.2, -0.15) is 0 Å². The van der Waals surface area contributed by atoms with Gasteiger partial charge < -0.3 is 19.5 Å². The van der Waals surface area contributed by atoms with Crippen molar-refractivity contribution in [3.63, 3.8) is 0 Å². The van der Waals surface area contributed by atoms with Gasteiger partial charge in [0.25, 0.3) is 11.7 Å². The van der Waals surface area contributed by atoms with Crippen LogP contribution >= 0.6 is 0 Å². The van der Waals surface area contributed by atoms with Crippen molar-refractivity contribution >= 4 is 17.4 Å². The fourth-order valence-corrected chi connectivity index (χ4v) is 4.38. The van der Waals surface area contributed by atoms with Crippen molar-refractivity contribution in [1.82, 2.24) is 14.8 Å². The van der Waals surface area contributed by atoms with Crippen LogP contribution in [0.1, 0.15) is 37.4 Å². The predicted molar refractivity (Wildman–Crippen MR) is 132 cm³/mol. The Kier molecular flexibility index (Phi) is 8.15. The molecule has 3 heterocycles. The zero-order valence-electron chi connectivity index (χ0n) is 20.4. The van der Waals surface area contributed by atoms with Gasteiger partial charge in [0.1, 0.15) is 11.5 Å². The molecule has 1 atom stereocenters. The van der Waals surface area contributed by atoms with E-state index in [0.29, 0.717) is 50.1 Å². The number of benzene rings is 1. The molecule has 1 amide bonds. The Morgan fingerprint density at radius 3 is 2.60 bits per heavy atom. The molecule has 1 aromatic heterocycles. The van der Waals surface area contributed by atoms with Crippen molar-refractivity contribution in [3.05, 3.63) is 65.5 Å². The molecule has 186 valence electrons. The molecule has 0 saturated carbocycles. The Morgan fingerprint density at radius 2 is 1.89 bits per heavy atom. The molecule has 1 N–H and O–H groups in total. The van der Waals surface area contributed by atoms with Crippen molar-refractivity contribution < 1.29 is 24.2 Å². The number of ketones is 1. The second-order valence-electron chi connectivity index (χ2n) is 9.29. The molecule has 2 aromatic rings. The molecule has 35 heavy (non-hydrogen) atoms. The molecule has 0 bridgehead atoms. The first kappa shape index (κ1) is 24.9. The number of nitrogens with zero attached hydrogens (tertiary/aromatic N) is 3. The van der Waals surface area contributed by atoms with Crippen molar-refractivity contribution in [2.24, 2.45) is 5.92 Å². The van der Waals surface area contributed by atoms with Crippen molar-refractivity contribution in [1.29, 1.82) is 0 Å². The molecular formula is C27H33N3O5. The van der Waals surface area contributed by atoms with Crippen molar-refractivity contribution in [2.45, 2.75) is 26.3 Å². The molecular weight excluding hydrogens is 446 g/mol. The summed E-state index contributed by atoms with van der Waals surface area (Å²) in [5, 5.41) is 11.1. The number of amides is 1. The van der Waals surface area contributed by atoms with Gasteiger partial charge in [-0.05, 0) is 42.2 Å². The third-order valence-electron chi connectivity index (χ3n) is 6.39. The summed E-state index contributed by atoms with van der Waals surface area (Å²) in [6, 6.07) is 9.99. The van der Waals surface area contributed by atoms with Gasteiger partial charge in [0, 0.05) is 44.1 Å². The molecule has 2 fully saturated rings. The minimum Gasteiger partial charge on any atom is -0.507 e. The van der Waals surface area contributed by atoms with Crippen LogP contribution in [0.3, 0.4) is 0 Å². The number of likely N-dealkylation sites (tertiary alicyclic amines) is 1. The number of pyridine rings is 1. The third kappa shape index (κ3) is 5.89. The maximum Gasteiger partial charge on any atom is 0.295 e. The number of aliphatic hydroxyl groups is 1. The van der Waals surface area contributed by atoms with Crippen LogP contribution in [0.25, 0.3) is 5.76 Å². The number of carbonyl (C=O) groups is 2. The third-order valence-corrected chi connectivity index (χ3v) is 6.39. The van der Waals surface area contributed by atoms with Gasteiger partial charge >= 0.3 is 0 Å². The lowest BCUT2D eigenvalue weighted by Gasteiger charge is -2.31. The van der Waals surface area contributed by atoms with E-state index in [9.17, 15) is 14.7 Å². The van der Waals surface area contributed by atoms with E-state index in [-0.39, 0.29) is 11.3 Å². The van der Waals surface area contributed by atoms with Crippen LogP contribution in [0.15, 0.2) is 54.4 Å². The smallest absolute Gasteiger partial charge is 0.295 e. The van der Waals surface area contributed by atoms with Gasteiger partial charge in [-0.3, -0.25) is 19.5 Å². The number of morpholine rings is 1. The first-order valence-electron chi connectivity index (χ1n) is 12.2. The number of ether oxygens (including phenoxy) is 2. The number of hydrogen-bond acceptors (Lipinski definition) is 7. The molecule has 2 aliphatic heterocycles. The van der Waals surface area contributed by atoms with E-state index < -0.39 is 17.7 Å². The molecule has 8 nitrogen and oxygen atoms in total. The molecule has 1 aromatic carbocycles. The second kappa shape index (κ2) is 11.5. The lowest BCUT2D eigenvalue weighted by atomic mass is 9.95. The number of Topliss-reactive ketones (excluding diaryl/α,β-unsaturated/α-hetero) is 1. The van der Waals surface area contributed by atoms with E-state index in [1.165, 1.54) is 0 Å². The summed E-state index contributed by atoms with van der Waals surface area (Å²) in [5.74, 6) is -0.297. The molecule has 4 rings (SSSR count). The van der Waals surface area contributed by atoms with Crippen molar-refractivity contribution in [2.75, 3.05) is 46.0 Å². The average Bonchev–Trinajstić information content (AvgIpc) is 3.13. The van der Waals surface area contributed by atoms with Gasteiger partial charge in [0.2, 0.25) is 0 Å². The molecule has 2 aliphatic rings. The van der Waals surface area contributed by atoms with E-state index >= 15 is 0 Å². The summed E-state index contributed by atoms with van der Waals surface area (Å²) in [6.07, 6.45) is 4.01. The van der Waals surface area contributed by atoms with Crippen LogP contribution in [-0.4, -0.2) is 77.6 Å². The molecule has 2 saturated heterocycles. The summed E-state index contributed by atoms with van der Waals surface area (Å²) in [4.78, 5) is 34.2. The van der Waals surface area contributed by atoms with Gasteiger partial charge in [0.15, 0.2) is 0 Å². The van der Waals surface area contributed by atoms with Gasteiger partial charge in [-0.25, -0.2) is 0 Å². The average molecular weight is 480 g/mol. The highest BCUT2D eigenvalue weighted by molar-refractivity contribution is 6.46. The summed E-state index contributed by atoms with van der Waals surface area (Å²) in [5.41, 5.74) is 1.26. The maximum atomic E-state index is 13.2. The molecule has 0 spiro atoms. The largest absolute Gasteiger partial charge is 0.507 e. The summed E-state index contributed by atoms with van der Waals surface area (Å²) < 4.78 is 11.4. The molecule has 0 aliphatic carbocycles. The number of aromatic nitrogens is 1. The lowest BCUT2D eigenvalue weighted by Crippen LogP contribution is -2.42. The fourth-order valence-electron chi connectivity index (χ4n) is 4.38. The van der Waals surface area contributed by atoms with E-state index in [1.807, 2.05) is 24.3 Å². The van der Waals surface area contributed by atoms with Crippen LogP contribution in [0.5, 0.6) is 5.75 Å². The number of hydrogen-bond donors (Lipinski definition) is 1. The minimum absolute atomic E-state index is 0.0857. The van der Waals surface area contributed by atoms with Crippen LogP contribution in [0.4, 0.5) is 0 Å². The minimum atomic E-state index is -0.710.